The van der Waals surface area contributed by atoms with Gasteiger partial charge in [-0.05, 0) is 29.7 Å². The van der Waals surface area contributed by atoms with Gasteiger partial charge in [0.2, 0.25) is 0 Å². The fourth-order valence-electron chi connectivity index (χ4n) is 2.71. The summed E-state index contributed by atoms with van der Waals surface area (Å²) in [5.74, 6) is 0. The topological polar surface area (TPSA) is 78.8 Å². The van der Waals surface area contributed by atoms with Gasteiger partial charge in [0, 0.05) is 16.3 Å². The molecule has 1 amide bonds. The number of thiophene rings is 1. The number of ether oxygens (including phenoxy) is 1. The quantitative estimate of drug-likeness (QED) is 0.534. The molecule has 0 radical (unpaired) electrons. The summed E-state index contributed by atoms with van der Waals surface area (Å²) in [6.07, 6.45) is -2.30. The van der Waals surface area contributed by atoms with Crippen LogP contribution in [0.4, 0.5) is 4.79 Å². The number of aliphatic hydroxyl groups excluding tert-OH is 2. The Morgan fingerprint density at radius 2 is 1.64 bits per heavy atom. The van der Waals surface area contributed by atoms with Crippen molar-refractivity contribution in [1.82, 2.24) is 5.32 Å². The first kappa shape index (κ1) is 20.1. The minimum Gasteiger partial charge on any atom is -0.445 e. The van der Waals surface area contributed by atoms with Crippen LogP contribution in [0.3, 0.4) is 0 Å². The van der Waals surface area contributed by atoms with Crippen molar-refractivity contribution < 1.29 is 19.7 Å². The van der Waals surface area contributed by atoms with Crippen molar-refractivity contribution in [3.05, 3.63) is 83.2 Å². The first-order valence-corrected chi connectivity index (χ1v) is 9.91. The summed E-state index contributed by atoms with van der Waals surface area (Å²) in [6, 6.07) is 23.0. The van der Waals surface area contributed by atoms with Crippen molar-refractivity contribution in [3.63, 3.8) is 0 Å². The zero-order valence-electron chi connectivity index (χ0n) is 15.3. The molecular weight excluding hydrogens is 374 g/mol. The smallest absolute Gasteiger partial charge is 0.407 e. The molecule has 2 aromatic carbocycles. The van der Waals surface area contributed by atoms with Gasteiger partial charge in [-0.25, -0.2) is 4.79 Å². The molecule has 3 N–H and O–H groups in total. The van der Waals surface area contributed by atoms with Gasteiger partial charge in [0.1, 0.15) is 12.7 Å². The highest BCUT2D eigenvalue weighted by Gasteiger charge is 2.20. The van der Waals surface area contributed by atoms with Crippen LogP contribution in [0, 0.1) is 0 Å². The molecule has 2 unspecified atom stereocenters. The van der Waals surface area contributed by atoms with Crippen LogP contribution in [0.1, 0.15) is 23.0 Å². The van der Waals surface area contributed by atoms with Crippen molar-refractivity contribution in [2.24, 2.45) is 0 Å². The van der Waals surface area contributed by atoms with Crippen LogP contribution in [0.15, 0.2) is 72.8 Å². The molecule has 0 aliphatic rings. The predicted octanol–water partition coefficient (Wildman–Crippen LogP) is 4.13. The van der Waals surface area contributed by atoms with Gasteiger partial charge in [-0.1, -0.05) is 60.7 Å². The van der Waals surface area contributed by atoms with Crippen molar-refractivity contribution >= 4 is 17.4 Å². The van der Waals surface area contributed by atoms with Gasteiger partial charge in [0.25, 0.3) is 0 Å². The molecule has 3 rings (SSSR count). The standard InChI is InChI=1S/C22H23NO4S/c24-18(13-14-23-22(26)27-15-16-7-3-1-4-8-16)21(25)20-12-11-19(28-20)17-9-5-2-6-10-17/h1-12,18,21,24-25H,13-15H2,(H,23,26). The van der Waals surface area contributed by atoms with E-state index < -0.39 is 18.3 Å². The van der Waals surface area contributed by atoms with E-state index in [0.717, 1.165) is 16.0 Å². The van der Waals surface area contributed by atoms with Crippen LogP contribution in [-0.4, -0.2) is 29.0 Å². The number of alkyl carbamates (subject to hydrolysis) is 1. The molecule has 5 nitrogen and oxygen atoms in total. The molecule has 0 spiro atoms. The van der Waals surface area contributed by atoms with Gasteiger partial charge >= 0.3 is 6.09 Å². The lowest BCUT2D eigenvalue weighted by Gasteiger charge is -2.16. The number of carbonyl (C=O) groups excluding carboxylic acids is 1. The zero-order valence-corrected chi connectivity index (χ0v) is 16.1. The fourth-order valence-corrected chi connectivity index (χ4v) is 3.77. The molecule has 0 saturated carbocycles. The Labute approximate surface area is 168 Å². The van der Waals surface area contributed by atoms with Crippen LogP contribution in [0.2, 0.25) is 0 Å². The Bertz CT molecular complexity index is 867. The molecule has 2 atom stereocenters. The summed E-state index contributed by atoms with van der Waals surface area (Å²) in [5, 5.41) is 23.2. The molecule has 0 bridgehead atoms. The van der Waals surface area contributed by atoms with E-state index >= 15 is 0 Å². The molecule has 3 aromatic rings. The Morgan fingerprint density at radius 1 is 0.964 bits per heavy atom. The van der Waals surface area contributed by atoms with Crippen molar-refractivity contribution in [1.29, 1.82) is 0 Å². The number of hydrogen-bond acceptors (Lipinski definition) is 5. The molecule has 146 valence electrons. The maximum atomic E-state index is 11.7. The van der Waals surface area contributed by atoms with Gasteiger partial charge in [-0.2, -0.15) is 0 Å². The number of carbonyl (C=O) groups is 1. The maximum absolute atomic E-state index is 11.7. The predicted molar refractivity (Wildman–Crippen MR) is 110 cm³/mol. The van der Waals surface area contributed by atoms with Crippen molar-refractivity contribution in [3.8, 4) is 10.4 Å². The van der Waals surface area contributed by atoms with E-state index in [4.69, 9.17) is 4.74 Å². The summed E-state index contributed by atoms with van der Waals surface area (Å²) in [4.78, 5) is 13.4. The van der Waals surface area contributed by atoms with E-state index in [-0.39, 0.29) is 19.6 Å². The van der Waals surface area contributed by atoms with E-state index in [0.29, 0.717) is 4.88 Å². The van der Waals surface area contributed by atoms with Crippen LogP contribution in [0.25, 0.3) is 10.4 Å². The summed E-state index contributed by atoms with van der Waals surface area (Å²) in [5.41, 5.74) is 1.98. The monoisotopic (exact) mass is 397 g/mol. The highest BCUT2D eigenvalue weighted by atomic mass is 32.1. The van der Waals surface area contributed by atoms with E-state index in [9.17, 15) is 15.0 Å². The third-order valence-electron chi connectivity index (χ3n) is 4.26. The van der Waals surface area contributed by atoms with E-state index in [1.54, 1.807) is 0 Å². The van der Waals surface area contributed by atoms with Crippen molar-refractivity contribution in [2.75, 3.05) is 6.54 Å². The number of benzene rings is 2. The van der Waals surface area contributed by atoms with Gasteiger partial charge in [0.15, 0.2) is 0 Å². The Kier molecular flexibility index (Phi) is 7.19. The summed E-state index contributed by atoms with van der Waals surface area (Å²) >= 11 is 1.45. The minimum absolute atomic E-state index is 0.190. The molecule has 0 aliphatic carbocycles. The highest BCUT2D eigenvalue weighted by Crippen LogP contribution is 2.32. The second kappa shape index (κ2) is 10.0. The average molecular weight is 397 g/mol. The van der Waals surface area contributed by atoms with Crippen LogP contribution < -0.4 is 5.32 Å². The fraction of sp³-hybridized carbons (Fsp3) is 0.227. The van der Waals surface area contributed by atoms with Gasteiger partial charge in [0.05, 0.1) is 6.10 Å². The normalized spacial score (nSPS) is 12.9. The first-order chi connectivity index (χ1) is 13.6. The molecule has 28 heavy (non-hydrogen) atoms. The summed E-state index contributed by atoms with van der Waals surface area (Å²) in [7, 11) is 0. The number of rotatable bonds is 8. The third-order valence-corrected chi connectivity index (χ3v) is 5.47. The molecule has 1 heterocycles. The second-order valence-electron chi connectivity index (χ2n) is 6.36. The Hall–Kier alpha value is -2.67. The SMILES string of the molecule is O=C(NCCC(O)C(O)c1ccc(-c2ccccc2)s1)OCc1ccccc1. The van der Waals surface area contributed by atoms with Gasteiger partial charge in [-0.15, -0.1) is 11.3 Å². The van der Waals surface area contributed by atoms with Gasteiger partial charge < -0.3 is 20.3 Å². The average Bonchev–Trinajstić information content (AvgIpc) is 3.23. The molecule has 6 heteroatoms. The lowest BCUT2D eigenvalue weighted by molar-refractivity contribution is 0.0157. The largest absolute Gasteiger partial charge is 0.445 e. The number of nitrogens with one attached hydrogen (secondary N) is 1. The number of aliphatic hydroxyl groups is 2. The van der Waals surface area contributed by atoms with E-state index in [2.05, 4.69) is 5.32 Å². The number of amides is 1. The third kappa shape index (κ3) is 5.66. The maximum Gasteiger partial charge on any atom is 0.407 e. The summed E-state index contributed by atoms with van der Waals surface area (Å²) in [6.45, 7) is 0.401. The van der Waals surface area contributed by atoms with Crippen LogP contribution in [0.5, 0.6) is 0 Å². The van der Waals surface area contributed by atoms with Crippen molar-refractivity contribution in [2.45, 2.75) is 25.2 Å². The molecule has 0 saturated heterocycles. The summed E-state index contributed by atoms with van der Waals surface area (Å²) < 4.78 is 5.12. The second-order valence-corrected chi connectivity index (χ2v) is 7.47. The Balaban J connectivity index is 1.42. The zero-order chi connectivity index (χ0) is 19.8. The first-order valence-electron chi connectivity index (χ1n) is 9.09. The van der Waals surface area contributed by atoms with Crippen LogP contribution >= 0.6 is 11.3 Å². The molecule has 0 fully saturated rings. The minimum atomic E-state index is -0.996. The van der Waals surface area contributed by atoms with Gasteiger partial charge in [-0.3, -0.25) is 0 Å². The lowest BCUT2D eigenvalue weighted by Crippen LogP contribution is -2.29. The molecule has 0 aliphatic heterocycles. The molecular formula is C22H23NO4S. The van der Waals surface area contributed by atoms with E-state index in [1.807, 2.05) is 72.8 Å². The molecule has 1 aromatic heterocycles. The van der Waals surface area contributed by atoms with E-state index in [1.165, 1.54) is 11.3 Å². The lowest BCUT2D eigenvalue weighted by atomic mass is 10.1. The Morgan fingerprint density at radius 3 is 2.36 bits per heavy atom. The number of hydrogen-bond donors (Lipinski definition) is 3. The van der Waals surface area contributed by atoms with Crippen LogP contribution in [-0.2, 0) is 11.3 Å². The highest BCUT2D eigenvalue weighted by molar-refractivity contribution is 7.15.